The summed E-state index contributed by atoms with van der Waals surface area (Å²) in [5.74, 6) is -1.09. The van der Waals surface area contributed by atoms with Crippen LogP contribution in [0.25, 0.3) is 0 Å². The van der Waals surface area contributed by atoms with Gasteiger partial charge in [-0.15, -0.1) is 0 Å². The molecular weight excluding hydrogens is 196 g/mol. The largest absolute Gasteiger partial charge is 0.481 e. The Labute approximate surface area is 89.9 Å². The van der Waals surface area contributed by atoms with Gasteiger partial charge in [-0.3, -0.25) is 9.59 Å². The van der Waals surface area contributed by atoms with Gasteiger partial charge in [0.2, 0.25) is 0 Å². The highest BCUT2D eigenvalue weighted by atomic mass is 16.5. The smallest absolute Gasteiger partial charge is 0.306 e. The lowest BCUT2D eigenvalue weighted by atomic mass is 10.2. The number of carboxylic acids is 1. The van der Waals surface area contributed by atoms with Crippen LogP contribution >= 0.6 is 0 Å². The third kappa shape index (κ3) is 10.6. The summed E-state index contributed by atoms with van der Waals surface area (Å²) in [5, 5.41) is 8.36. The van der Waals surface area contributed by atoms with Gasteiger partial charge in [0.1, 0.15) is 6.61 Å². The third-order valence-corrected chi connectivity index (χ3v) is 1.76. The van der Waals surface area contributed by atoms with E-state index >= 15 is 0 Å². The van der Waals surface area contributed by atoms with E-state index in [-0.39, 0.29) is 12.4 Å². The quantitative estimate of drug-likeness (QED) is 0.400. The molecule has 1 N–H and O–H groups in total. The van der Waals surface area contributed by atoms with Crippen LogP contribution in [0.1, 0.15) is 39.5 Å². The molecule has 0 radical (unpaired) electrons. The molecule has 15 heavy (non-hydrogen) atoms. The van der Waals surface area contributed by atoms with Gasteiger partial charge in [-0.2, -0.15) is 0 Å². The molecule has 0 aromatic heterocycles. The summed E-state index contributed by atoms with van der Waals surface area (Å²) in [6.45, 7) is 4.17. The zero-order chi connectivity index (χ0) is 11.7. The molecule has 0 fully saturated rings. The fourth-order valence-corrected chi connectivity index (χ4v) is 0.919. The zero-order valence-corrected chi connectivity index (χ0v) is 9.28. The summed E-state index contributed by atoms with van der Waals surface area (Å²) in [5.41, 5.74) is 1.11. The molecule has 0 saturated heterocycles. The molecular formula is C11H18O4. The second-order valence-electron chi connectivity index (χ2n) is 3.57. The number of aliphatic carboxylic acids is 1. The second-order valence-corrected chi connectivity index (χ2v) is 3.57. The van der Waals surface area contributed by atoms with Crippen molar-refractivity contribution in [1.29, 1.82) is 0 Å². The van der Waals surface area contributed by atoms with Crippen molar-refractivity contribution in [2.24, 2.45) is 0 Å². The van der Waals surface area contributed by atoms with Gasteiger partial charge in [0, 0.05) is 12.8 Å². The van der Waals surface area contributed by atoms with Gasteiger partial charge in [0.25, 0.3) is 0 Å². The number of ether oxygens (including phenoxy) is 1. The summed E-state index contributed by atoms with van der Waals surface area (Å²) < 4.78 is 4.90. The number of carbonyl (C=O) groups is 2. The summed E-state index contributed by atoms with van der Waals surface area (Å²) >= 11 is 0. The minimum atomic E-state index is -0.826. The molecule has 0 bridgehead atoms. The molecule has 0 unspecified atom stereocenters. The lowest BCUT2D eigenvalue weighted by Crippen LogP contribution is -2.05. The van der Waals surface area contributed by atoms with Crippen molar-refractivity contribution in [3.63, 3.8) is 0 Å². The molecule has 0 saturated carbocycles. The maximum atomic E-state index is 11.1. The van der Waals surface area contributed by atoms with Gasteiger partial charge in [-0.05, 0) is 32.8 Å². The average molecular weight is 214 g/mol. The van der Waals surface area contributed by atoms with E-state index in [2.05, 4.69) is 0 Å². The Hall–Kier alpha value is -1.32. The molecule has 0 aliphatic rings. The average Bonchev–Trinajstić information content (AvgIpc) is 2.11. The molecule has 0 heterocycles. The summed E-state index contributed by atoms with van der Waals surface area (Å²) in [7, 11) is 0. The summed E-state index contributed by atoms with van der Waals surface area (Å²) in [6, 6.07) is 0. The number of hydrogen-bond acceptors (Lipinski definition) is 3. The van der Waals surface area contributed by atoms with Gasteiger partial charge < -0.3 is 9.84 Å². The SMILES string of the molecule is CC(C)=CCOC(=O)CCCCC(=O)O. The first-order chi connectivity index (χ1) is 7.02. The highest BCUT2D eigenvalue weighted by molar-refractivity contribution is 5.69. The van der Waals surface area contributed by atoms with E-state index in [0.29, 0.717) is 25.9 Å². The van der Waals surface area contributed by atoms with Crippen molar-refractivity contribution in [2.45, 2.75) is 39.5 Å². The van der Waals surface area contributed by atoms with Crippen LogP contribution in [0.15, 0.2) is 11.6 Å². The van der Waals surface area contributed by atoms with Gasteiger partial charge in [-0.1, -0.05) is 5.57 Å². The predicted octanol–water partition coefficient (Wildman–Crippen LogP) is 2.14. The normalized spacial score (nSPS) is 9.47. The second kappa shape index (κ2) is 8.03. The number of carboxylic acid groups (broad SMARTS) is 1. The van der Waals surface area contributed by atoms with Crippen LogP contribution in [0.2, 0.25) is 0 Å². The molecule has 4 heteroatoms. The van der Waals surface area contributed by atoms with Gasteiger partial charge >= 0.3 is 11.9 Å². The molecule has 0 atom stereocenters. The van der Waals surface area contributed by atoms with Crippen LogP contribution in [-0.4, -0.2) is 23.7 Å². The number of allylic oxidation sites excluding steroid dienone is 1. The van der Waals surface area contributed by atoms with Crippen LogP contribution in [0.4, 0.5) is 0 Å². The number of carbonyl (C=O) groups excluding carboxylic acids is 1. The zero-order valence-electron chi connectivity index (χ0n) is 9.28. The van der Waals surface area contributed by atoms with Crippen molar-refractivity contribution < 1.29 is 19.4 Å². The number of hydrogen-bond donors (Lipinski definition) is 1. The Kier molecular flexibility index (Phi) is 7.32. The monoisotopic (exact) mass is 214 g/mol. The van der Waals surface area contributed by atoms with E-state index in [9.17, 15) is 9.59 Å². The Bertz CT molecular complexity index is 239. The van der Waals surface area contributed by atoms with E-state index in [1.165, 1.54) is 0 Å². The van der Waals surface area contributed by atoms with E-state index in [4.69, 9.17) is 9.84 Å². The maximum Gasteiger partial charge on any atom is 0.306 e. The van der Waals surface area contributed by atoms with Crippen molar-refractivity contribution in [3.05, 3.63) is 11.6 Å². The number of esters is 1. The molecule has 0 aromatic rings. The van der Waals surface area contributed by atoms with E-state index in [1.54, 1.807) is 0 Å². The highest BCUT2D eigenvalue weighted by Gasteiger charge is 2.02. The first-order valence-corrected chi connectivity index (χ1v) is 5.03. The molecule has 0 spiro atoms. The fourth-order valence-electron chi connectivity index (χ4n) is 0.919. The van der Waals surface area contributed by atoms with Crippen LogP contribution in [0, 0.1) is 0 Å². The van der Waals surface area contributed by atoms with Crippen LogP contribution in [0.3, 0.4) is 0 Å². The topological polar surface area (TPSA) is 63.6 Å². The highest BCUT2D eigenvalue weighted by Crippen LogP contribution is 2.01. The minimum Gasteiger partial charge on any atom is -0.481 e. The van der Waals surface area contributed by atoms with Gasteiger partial charge in [0.15, 0.2) is 0 Å². The lowest BCUT2D eigenvalue weighted by molar-refractivity contribution is -0.143. The summed E-state index contributed by atoms with van der Waals surface area (Å²) in [4.78, 5) is 21.2. The third-order valence-electron chi connectivity index (χ3n) is 1.76. The number of unbranched alkanes of at least 4 members (excludes halogenated alkanes) is 1. The fraction of sp³-hybridized carbons (Fsp3) is 0.636. The van der Waals surface area contributed by atoms with Crippen LogP contribution in [-0.2, 0) is 14.3 Å². The van der Waals surface area contributed by atoms with Gasteiger partial charge in [-0.25, -0.2) is 0 Å². The van der Waals surface area contributed by atoms with E-state index < -0.39 is 5.97 Å². The Balaban J connectivity index is 3.42. The first kappa shape index (κ1) is 13.7. The molecule has 0 aliphatic heterocycles. The minimum absolute atomic E-state index is 0.112. The Morgan fingerprint density at radius 3 is 2.33 bits per heavy atom. The summed E-state index contributed by atoms with van der Waals surface area (Å²) in [6.07, 6.45) is 3.33. The van der Waals surface area contributed by atoms with Crippen molar-refractivity contribution in [1.82, 2.24) is 0 Å². The molecule has 86 valence electrons. The Morgan fingerprint density at radius 1 is 1.20 bits per heavy atom. The first-order valence-electron chi connectivity index (χ1n) is 5.03. The van der Waals surface area contributed by atoms with Crippen LogP contribution < -0.4 is 0 Å². The lowest BCUT2D eigenvalue weighted by Gasteiger charge is -2.01. The van der Waals surface area contributed by atoms with Crippen molar-refractivity contribution in [2.75, 3.05) is 6.61 Å². The van der Waals surface area contributed by atoms with Crippen molar-refractivity contribution in [3.8, 4) is 0 Å². The number of rotatable bonds is 7. The molecule has 0 rings (SSSR count). The van der Waals surface area contributed by atoms with Crippen LogP contribution in [0.5, 0.6) is 0 Å². The predicted molar refractivity (Wildman–Crippen MR) is 56.5 cm³/mol. The van der Waals surface area contributed by atoms with Crippen molar-refractivity contribution >= 4 is 11.9 Å². The molecule has 0 aromatic carbocycles. The molecule has 0 aliphatic carbocycles. The Morgan fingerprint density at radius 2 is 1.80 bits per heavy atom. The van der Waals surface area contributed by atoms with E-state index in [1.807, 2.05) is 19.9 Å². The molecule has 0 amide bonds. The maximum absolute atomic E-state index is 11.1. The van der Waals surface area contributed by atoms with E-state index in [0.717, 1.165) is 5.57 Å². The van der Waals surface area contributed by atoms with Gasteiger partial charge in [0.05, 0.1) is 0 Å². The standard InChI is InChI=1S/C11H18O4/c1-9(2)7-8-15-11(14)6-4-3-5-10(12)13/h7H,3-6,8H2,1-2H3,(H,12,13). The molecule has 4 nitrogen and oxygen atoms in total.